The van der Waals surface area contributed by atoms with E-state index < -0.39 is 0 Å². The molecule has 2 N–H and O–H groups in total. The molecule has 0 spiro atoms. The number of carbonyl (C=O) groups is 1. The van der Waals surface area contributed by atoms with E-state index in [1.807, 2.05) is 0 Å². The summed E-state index contributed by atoms with van der Waals surface area (Å²) in [6.07, 6.45) is 4.26. The maximum atomic E-state index is 12.0. The summed E-state index contributed by atoms with van der Waals surface area (Å²) in [5.41, 5.74) is 0.382. The van der Waals surface area contributed by atoms with Crippen molar-refractivity contribution in [2.24, 2.45) is 5.92 Å². The maximum Gasteiger partial charge on any atom is 0.253 e. The molecule has 1 heterocycles. The first-order chi connectivity index (χ1) is 8.61. The van der Waals surface area contributed by atoms with Crippen molar-refractivity contribution < 1.29 is 9.90 Å². The normalized spacial score (nSPS) is 23.1. The molecular formula is C12H14Cl2N2O2. The number of aliphatic hydroxyl groups excluding tert-OH is 1. The van der Waals surface area contributed by atoms with Crippen molar-refractivity contribution in [3.8, 4) is 0 Å². The van der Waals surface area contributed by atoms with Crippen molar-refractivity contribution in [1.29, 1.82) is 0 Å². The van der Waals surface area contributed by atoms with Crippen LogP contribution in [0.4, 0.5) is 0 Å². The molecular weight excluding hydrogens is 275 g/mol. The Hall–Kier alpha value is -0.840. The minimum Gasteiger partial charge on any atom is -0.396 e. The van der Waals surface area contributed by atoms with Crippen molar-refractivity contribution in [2.45, 2.75) is 25.3 Å². The van der Waals surface area contributed by atoms with Gasteiger partial charge in [-0.1, -0.05) is 29.6 Å². The fourth-order valence-electron chi connectivity index (χ4n) is 2.24. The van der Waals surface area contributed by atoms with Crippen LogP contribution >= 0.6 is 23.2 Å². The average Bonchev–Trinajstić information content (AvgIpc) is 2.79. The summed E-state index contributed by atoms with van der Waals surface area (Å²) in [5.74, 6) is -0.0869. The second-order valence-electron chi connectivity index (χ2n) is 4.45. The topological polar surface area (TPSA) is 62.2 Å². The number of carbonyl (C=O) groups excluding carboxylic acids is 1. The second kappa shape index (κ2) is 5.87. The number of nitrogens with zero attached hydrogens (tertiary/aromatic N) is 1. The number of pyridine rings is 1. The third kappa shape index (κ3) is 2.94. The Morgan fingerprint density at radius 1 is 1.50 bits per heavy atom. The Labute approximate surface area is 115 Å². The van der Waals surface area contributed by atoms with Gasteiger partial charge < -0.3 is 10.4 Å². The summed E-state index contributed by atoms with van der Waals surface area (Å²) in [7, 11) is 0. The van der Waals surface area contributed by atoms with Crippen molar-refractivity contribution in [3.63, 3.8) is 0 Å². The van der Waals surface area contributed by atoms with Gasteiger partial charge in [-0.05, 0) is 18.9 Å². The summed E-state index contributed by atoms with van der Waals surface area (Å²) < 4.78 is 0. The molecule has 1 fully saturated rings. The van der Waals surface area contributed by atoms with E-state index in [2.05, 4.69) is 10.3 Å². The summed E-state index contributed by atoms with van der Waals surface area (Å²) in [6, 6.07) is 1.52. The van der Waals surface area contributed by atoms with E-state index in [9.17, 15) is 9.90 Å². The van der Waals surface area contributed by atoms with Crippen LogP contribution in [0.5, 0.6) is 0 Å². The first-order valence-electron chi connectivity index (χ1n) is 5.84. The van der Waals surface area contributed by atoms with Gasteiger partial charge in [0.2, 0.25) is 0 Å². The van der Waals surface area contributed by atoms with Crippen LogP contribution in [0.15, 0.2) is 12.3 Å². The van der Waals surface area contributed by atoms with Crippen LogP contribution in [0, 0.1) is 5.92 Å². The van der Waals surface area contributed by atoms with Crippen LogP contribution in [0.3, 0.4) is 0 Å². The number of amides is 1. The lowest BCUT2D eigenvalue weighted by Gasteiger charge is -2.18. The summed E-state index contributed by atoms with van der Waals surface area (Å²) in [4.78, 5) is 15.8. The minimum absolute atomic E-state index is 0.0250. The smallest absolute Gasteiger partial charge is 0.253 e. The summed E-state index contributed by atoms with van der Waals surface area (Å²) >= 11 is 11.5. The first-order valence-corrected chi connectivity index (χ1v) is 6.60. The molecule has 2 atom stereocenters. The molecule has 0 radical (unpaired) electrons. The van der Waals surface area contributed by atoms with Gasteiger partial charge in [-0.25, -0.2) is 4.98 Å². The van der Waals surface area contributed by atoms with Crippen LogP contribution < -0.4 is 5.32 Å². The number of aliphatic hydroxyl groups is 1. The number of aromatic nitrogens is 1. The summed E-state index contributed by atoms with van der Waals surface area (Å²) in [5, 5.41) is 12.5. The number of rotatable bonds is 3. The third-order valence-corrected chi connectivity index (χ3v) is 3.95. The highest BCUT2D eigenvalue weighted by molar-refractivity contribution is 6.41. The Kier molecular flexibility index (Phi) is 4.43. The molecule has 1 aromatic heterocycles. The molecule has 1 aliphatic carbocycles. The zero-order valence-corrected chi connectivity index (χ0v) is 11.2. The van der Waals surface area contributed by atoms with Gasteiger partial charge in [-0.2, -0.15) is 0 Å². The lowest BCUT2D eigenvalue weighted by Crippen LogP contribution is -2.38. The predicted molar refractivity (Wildman–Crippen MR) is 69.9 cm³/mol. The van der Waals surface area contributed by atoms with Gasteiger partial charge >= 0.3 is 0 Å². The molecule has 2 rings (SSSR count). The highest BCUT2D eigenvalue weighted by Crippen LogP contribution is 2.26. The maximum absolute atomic E-state index is 12.0. The Bertz CT molecular complexity index is 454. The van der Waals surface area contributed by atoms with Crippen LogP contribution in [0.25, 0.3) is 0 Å². The minimum atomic E-state index is -0.230. The molecule has 98 valence electrons. The lowest BCUT2D eigenvalue weighted by molar-refractivity contribution is 0.0915. The van der Waals surface area contributed by atoms with Crippen molar-refractivity contribution in [2.75, 3.05) is 6.61 Å². The van der Waals surface area contributed by atoms with E-state index in [4.69, 9.17) is 23.2 Å². The first kappa shape index (κ1) is 13.6. The van der Waals surface area contributed by atoms with Crippen LogP contribution in [-0.4, -0.2) is 28.6 Å². The molecule has 1 amide bonds. The van der Waals surface area contributed by atoms with Crippen LogP contribution in [0.1, 0.15) is 29.6 Å². The fourth-order valence-corrected chi connectivity index (χ4v) is 2.51. The zero-order valence-electron chi connectivity index (χ0n) is 9.70. The molecule has 1 aliphatic rings. The van der Waals surface area contributed by atoms with Gasteiger partial charge in [0.15, 0.2) is 0 Å². The largest absolute Gasteiger partial charge is 0.396 e. The fraction of sp³-hybridized carbons (Fsp3) is 0.500. The zero-order chi connectivity index (χ0) is 13.1. The average molecular weight is 289 g/mol. The van der Waals surface area contributed by atoms with Gasteiger partial charge in [0, 0.05) is 24.8 Å². The molecule has 0 bridgehead atoms. The van der Waals surface area contributed by atoms with Crippen LogP contribution in [-0.2, 0) is 0 Å². The SMILES string of the molecule is O=C(NC1CCCC1CO)c1cnc(Cl)c(Cl)c1. The van der Waals surface area contributed by atoms with E-state index in [0.717, 1.165) is 19.3 Å². The van der Waals surface area contributed by atoms with E-state index in [1.165, 1.54) is 12.3 Å². The van der Waals surface area contributed by atoms with Crippen molar-refractivity contribution in [1.82, 2.24) is 10.3 Å². The Morgan fingerprint density at radius 3 is 2.94 bits per heavy atom. The van der Waals surface area contributed by atoms with E-state index in [0.29, 0.717) is 5.56 Å². The number of hydrogen-bond acceptors (Lipinski definition) is 3. The molecule has 1 aromatic rings. The van der Waals surface area contributed by atoms with Gasteiger partial charge in [0.1, 0.15) is 5.15 Å². The number of nitrogens with one attached hydrogen (secondary N) is 1. The summed E-state index contributed by atoms with van der Waals surface area (Å²) in [6.45, 7) is 0.102. The molecule has 4 nitrogen and oxygen atoms in total. The van der Waals surface area contributed by atoms with E-state index in [-0.39, 0.29) is 34.6 Å². The molecule has 0 saturated heterocycles. The Morgan fingerprint density at radius 2 is 2.28 bits per heavy atom. The number of hydrogen-bond donors (Lipinski definition) is 2. The highest BCUT2D eigenvalue weighted by atomic mass is 35.5. The quantitative estimate of drug-likeness (QED) is 0.839. The molecule has 1 saturated carbocycles. The van der Waals surface area contributed by atoms with Gasteiger partial charge in [-0.3, -0.25) is 4.79 Å². The van der Waals surface area contributed by atoms with Gasteiger partial charge in [0.25, 0.3) is 5.91 Å². The molecule has 0 aromatic carbocycles. The third-order valence-electron chi connectivity index (χ3n) is 3.27. The van der Waals surface area contributed by atoms with Crippen molar-refractivity contribution in [3.05, 3.63) is 28.0 Å². The van der Waals surface area contributed by atoms with Crippen molar-refractivity contribution >= 4 is 29.1 Å². The highest BCUT2D eigenvalue weighted by Gasteiger charge is 2.28. The molecule has 18 heavy (non-hydrogen) atoms. The van der Waals surface area contributed by atoms with Gasteiger partial charge in [-0.15, -0.1) is 0 Å². The number of halogens is 2. The lowest BCUT2D eigenvalue weighted by atomic mass is 10.0. The standard InChI is InChI=1S/C12H14Cl2N2O2/c13-9-4-8(5-15-11(9)14)12(18)16-10-3-1-2-7(10)6-17/h4-5,7,10,17H,1-3,6H2,(H,16,18). The molecule has 0 aliphatic heterocycles. The predicted octanol–water partition coefficient (Wildman–Crippen LogP) is 2.28. The monoisotopic (exact) mass is 288 g/mol. The molecule has 2 unspecified atom stereocenters. The van der Waals surface area contributed by atoms with Crippen LogP contribution in [0.2, 0.25) is 10.2 Å². The molecule has 6 heteroatoms. The Balaban J connectivity index is 2.05. The van der Waals surface area contributed by atoms with E-state index in [1.54, 1.807) is 0 Å². The van der Waals surface area contributed by atoms with E-state index >= 15 is 0 Å². The second-order valence-corrected chi connectivity index (χ2v) is 5.22. The van der Waals surface area contributed by atoms with Gasteiger partial charge in [0.05, 0.1) is 10.6 Å².